The van der Waals surface area contributed by atoms with Crippen LogP contribution in [-0.2, 0) is 6.54 Å². The summed E-state index contributed by atoms with van der Waals surface area (Å²) in [7, 11) is 0. The Bertz CT molecular complexity index is 435. The van der Waals surface area contributed by atoms with Crippen molar-refractivity contribution in [3.8, 4) is 0 Å². The van der Waals surface area contributed by atoms with Gasteiger partial charge in [0.2, 0.25) is 0 Å². The second kappa shape index (κ2) is 4.17. The third-order valence-electron chi connectivity index (χ3n) is 2.29. The van der Waals surface area contributed by atoms with Crippen molar-refractivity contribution >= 4 is 5.69 Å². The number of nitrogens with one attached hydrogen (secondary N) is 1. The number of furan rings is 1. The molecule has 0 bridgehead atoms. The maximum atomic E-state index is 5.00. The summed E-state index contributed by atoms with van der Waals surface area (Å²) >= 11 is 0. The number of pyridine rings is 1. The van der Waals surface area contributed by atoms with E-state index in [0.29, 0.717) is 0 Å². The van der Waals surface area contributed by atoms with Gasteiger partial charge in [-0.05, 0) is 32.0 Å². The number of anilines is 1. The smallest absolute Gasteiger partial charge is 0.0952 e. The summed E-state index contributed by atoms with van der Waals surface area (Å²) in [6, 6.07) is 6.01. The first kappa shape index (κ1) is 9.77. The van der Waals surface area contributed by atoms with Crippen LogP contribution in [0.5, 0.6) is 0 Å². The standard InChI is InChI=1S/C12H14N2O/c1-9-3-4-12(10(2)14-9)13-7-11-5-6-15-8-11/h3-6,8,13H,7H2,1-2H3. The van der Waals surface area contributed by atoms with E-state index < -0.39 is 0 Å². The summed E-state index contributed by atoms with van der Waals surface area (Å²) in [5.41, 5.74) is 4.27. The van der Waals surface area contributed by atoms with Crippen molar-refractivity contribution in [3.63, 3.8) is 0 Å². The van der Waals surface area contributed by atoms with Gasteiger partial charge >= 0.3 is 0 Å². The fourth-order valence-corrected chi connectivity index (χ4v) is 1.46. The van der Waals surface area contributed by atoms with Crippen molar-refractivity contribution in [2.45, 2.75) is 20.4 Å². The van der Waals surface area contributed by atoms with E-state index in [0.717, 1.165) is 29.2 Å². The highest BCUT2D eigenvalue weighted by atomic mass is 16.3. The van der Waals surface area contributed by atoms with Crippen molar-refractivity contribution in [2.24, 2.45) is 0 Å². The molecule has 0 aliphatic heterocycles. The number of aromatic nitrogens is 1. The third kappa shape index (κ3) is 2.37. The van der Waals surface area contributed by atoms with Crippen molar-refractivity contribution in [1.29, 1.82) is 0 Å². The van der Waals surface area contributed by atoms with Crippen LogP contribution in [0.1, 0.15) is 17.0 Å². The van der Waals surface area contributed by atoms with E-state index in [2.05, 4.69) is 16.4 Å². The van der Waals surface area contributed by atoms with E-state index in [1.54, 1.807) is 12.5 Å². The first-order chi connectivity index (χ1) is 7.25. The Morgan fingerprint density at radius 2 is 2.13 bits per heavy atom. The quantitative estimate of drug-likeness (QED) is 0.831. The summed E-state index contributed by atoms with van der Waals surface area (Å²) in [6.45, 7) is 4.76. The summed E-state index contributed by atoms with van der Waals surface area (Å²) in [6.07, 6.45) is 3.42. The Labute approximate surface area is 89.1 Å². The molecule has 2 aromatic heterocycles. The Kier molecular flexibility index (Phi) is 2.72. The van der Waals surface area contributed by atoms with E-state index in [9.17, 15) is 0 Å². The highest BCUT2D eigenvalue weighted by Crippen LogP contribution is 2.14. The summed E-state index contributed by atoms with van der Waals surface area (Å²) in [4.78, 5) is 4.39. The summed E-state index contributed by atoms with van der Waals surface area (Å²) in [5, 5.41) is 3.32. The average Bonchev–Trinajstić information content (AvgIpc) is 2.69. The van der Waals surface area contributed by atoms with E-state index in [1.165, 1.54) is 0 Å². The van der Waals surface area contributed by atoms with Gasteiger partial charge in [-0.2, -0.15) is 0 Å². The predicted octanol–water partition coefficient (Wildman–Crippen LogP) is 2.90. The Hall–Kier alpha value is -1.77. The molecular weight excluding hydrogens is 188 g/mol. The van der Waals surface area contributed by atoms with Gasteiger partial charge in [0.1, 0.15) is 0 Å². The zero-order valence-corrected chi connectivity index (χ0v) is 8.95. The summed E-state index contributed by atoms with van der Waals surface area (Å²) in [5.74, 6) is 0. The van der Waals surface area contributed by atoms with Crippen molar-refractivity contribution in [2.75, 3.05) is 5.32 Å². The van der Waals surface area contributed by atoms with Gasteiger partial charge in [0.25, 0.3) is 0 Å². The lowest BCUT2D eigenvalue weighted by molar-refractivity contribution is 0.564. The van der Waals surface area contributed by atoms with Crippen LogP contribution in [0.2, 0.25) is 0 Å². The second-order valence-electron chi connectivity index (χ2n) is 3.57. The van der Waals surface area contributed by atoms with E-state index in [-0.39, 0.29) is 0 Å². The molecule has 0 aromatic carbocycles. The van der Waals surface area contributed by atoms with Crippen LogP contribution in [0.4, 0.5) is 5.69 Å². The average molecular weight is 202 g/mol. The number of hydrogen-bond acceptors (Lipinski definition) is 3. The molecule has 0 aliphatic rings. The lowest BCUT2D eigenvalue weighted by atomic mass is 10.2. The normalized spacial score (nSPS) is 10.3. The molecule has 3 heteroatoms. The molecule has 0 unspecified atom stereocenters. The minimum absolute atomic E-state index is 0.766. The number of aryl methyl sites for hydroxylation is 2. The van der Waals surface area contributed by atoms with Crippen LogP contribution in [0.15, 0.2) is 35.1 Å². The van der Waals surface area contributed by atoms with Crippen LogP contribution in [-0.4, -0.2) is 4.98 Å². The molecule has 3 nitrogen and oxygen atoms in total. The maximum absolute atomic E-state index is 5.00. The van der Waals surface area contributed by atoms with E-state index >= 15 is 0 Å². The monoisotopic (exact) mass is 202 g/mol. The van der Waals surface area contributed by atoms with Gasteiger partial charge in [0.05, 0.1) is 23.9 Å². The largest absolute Gasteiger partial charge is 0.472 e. The van der Waals surface area contributed by atoms with Gasteiger partial charge in [-0.1, -0.05) is 0 Å². The van der Waals surface area contributed by atoms with Crippen LogP contribution >= 0.6 is 0 Å². The van der Waals surface area contributed by atoms with Gasteiger partial charge in [-0.25, -0.2) is 0 Å². The molecule has 0 atom stereocenters. The maximum Gasteiger partial charge on any atom is 0.0952 e. The Morgan fingerprint density at radius 3 is 2.80 bits per heavy atom. The minimum atomic E-state index is 0.766. The molecule has 0 aliphatic carbocycles. The first-order valence-corrected chi connectivity index (χ1v) is 4.95. The molecule has 15 heavy (non-hydrogen) atoms. The van der Waals surface area contributed by atoms with E-state index in [4.69, 9.17) is 4.42 Å². The number of rotatable bonds is 3. The highest BCUT2D eigenvalue weighted by molar-refractivity contribution is 5.47. The van der Waals surface area contributed by atoms with E-state index in [1.807, 2.05) is 26.0 Å². The molecule has 1 N–H and O–H groups in total. The molecule has 2 aromatic rings. The fraction of sp³-hybridized carbons (Fsp3) is 0.250. The summed E-state index contributed by atoms with van der Waals surface area (Å²) < 4.78 is 5.00. The zero-order chi connectivity index (χ0) is 10.7. The molecule has 0 fully saturated rings. The van der Waals surface area contributed by atoms with Crippen LogP contribution < -0.4 is 5.32 Å². The fourth-order valence-electron chi connectivity index (χ4n) is 1.46. The zero-order valence-electron chi connectivity index (χ0n) is 8.95. The first-order valence-electron chi connectivity index (χ1n) is 4.95. The Balaban J connectivity index is 2.05. The topological polar surface area (TPSA) is 38.1 Å². The van der Waals surface area contributed by atoms with Gasteiger partial charge < -0.3 is 9.73 Å². The van der Waals surface area contributed by atoms with Gasteiger partial charge in [0.15, 0.2) is 0 Å². The van der Waals surface area contributed by atoms with Crippen LogP contribution in [0.25, 0.3) is 0 Å². The highest BCUT2D eigenvalue weighted by Gasteiger charge is 1.99. The lowest BCUT2D eigenvalue weighted by Gasteiger charge is -2.07. The molecule has 0 saturated carbocycles. The molecular formula is C12H14N2O. The molecule has 2 heterocycles. The van der Waals surface area contributed by atoms with Crippen LogP contribution in [0.3, 0.4) is 0 Å². The van der Waals surface area contributed by atoms with Gasteiger partial charge in [0, 0.05) is 17.8 Å². The van der Waals surface area contributed by atoms with Crippen molar-refractivity contribution < 1.29 is 4.42 Å². The third-order valence-corrected chi connectivity index (χ3v) is 2.29. The molecule has 2 rings (SSSR count). The second-order valence-corrected chi connectivity index (χ2v) is 3.57. The van der Waals surface area contributed by atoms with Crippen molar-refractivity contribution in [1.82, 2.24) is 4.98 Å². The molecule has 0 spiro atoms. The predicted molar refractivity (Wildman–Crippen MR) is 59.7 cm³/mol. The lowest BCUT2D eigenvalue weighted by Crippen LogP contribution is -2.01. The number of hydrogen-bond donors (Lipinski definition) is 1. The molecule has 78 valence electrons. The molecule has 0 saturated heterocycles. The minimum Gasteiger partial charge on any atom is -0.472 e. The number of nitrogens with zero attached hydrogens (tertiary/aromatic N) is 1. The van der Waals surface area contributed by atoms with Gasteiger partial charge in [-0.3, -0.25) is 4.98 Å². The Morgan fingerprint density at radius 1 is 1.27 bits per heavy atom. The van der Waals surface area contributed by atoms with Crippen molar-refractivity contribution in [3.05, 3.63) is 47.7 Å². The molecule has 0 radical (unpaired) electrons. The molecule has 0 amide bonds. The van der Waals surface area contributed by atoms with Crippen LogP contribution in [0, 0.1) is 13.8 Å². The van der Waals surface area contributed by atoms with Gasteiger partial charge in [-0.15, -0.1) is 0 Å². The SMILES string of the molecule is Cc1ccc(NCc2ccoc2)c(C)n1.